The third-order valence-corrected chi connectivity index (χ3v) is 6.26. The van der Waals surface area contributed by atoms with Crippen molar-refractivity contribution in [2.75, 3.05) is 24.0 Å². The van der Waals surface area contributed by atoms with Crippen LogP contribution in [0.3, 0.4) is 0 Å². The normalized spacial score (nSPS) is 22.0. The maximum Gasteiger partial charge on any atom is 0.265 e. The van der Waals surface area contributed by atoms with Gasteiger partial charge >= 0.3 is 0 Å². The fraction of sp³-hybridized carbons (Fsp3) is 0.200. The molecule has 0 aliphatic carbocycles. The van der Waals surface area contributed by atoms with E-state index in [1.807, 2.05) is 42.5 Å². The van der Waals surface area contributed by atoms with Crippen LogP contribution in [-0.4, -0.2) is 31.1 Å². The van der Waals surface area contributed by atoms with Gasteiger partial charge in [0.25, 0.3) is 5.91 Å². The Morgan fingerprint density at radius 2 is 1.68 bits per heavy atom. The van der Waals surface area contributed by atoms with Gasteiger partial charge in [-0.05, 0) is 35.4 Å². The van der Waals surface area contributed by atoms with Crippen molar-refractivity contribution in [2.45, 2.75) is 18.1 Å². The highest BCUT2D eigenvalue weighted by molar-refractivity contribution is 6.15. The van der Waals surface area contributed by atoms with Crippen molar-refractivity contribution in [3.8, 4) is 5.75 Å². The summed E-state index contributed by atoms with van der Waals surface area (Å²) in [5.41, 5.74) is 1.24. The zero-order valence-corrected chi connectivity index (χ0v) is 17.3. The fourth-order valence-electron chi connectivity index (χ4n) is 4.71. The molecule has 6 heteroatoms. The first-order valence-electron chi connectivity index (χ1n) is 10.1. The molecule has 1 N–H and O–H groups in total. The van der Waals surface area contributed by atoms with E-state index >= 15 is 0 Å². The van der Waals surface area contributed by atoms with Gasteiger partial charge in [0.15, 0.2) is 5.60 Å². The van der Waals surface area contributed by atoms with Gasteiger partial charge in [-0.15, -0.1) is 0 Å². The predicted molar refractivity (Wildman–Crippen MR) is 117 cm³/mol. The van der Waals surface area contributed by atoms with Crippen molar-refractivity contribution in [1.29, 1.82) is 0 Å². The average Bonchev–Trinajstić information content (AvgIpc) is 3.18. The van der Waals surface area contributed by atoms with Crippen molar-refractivity contribution in [2.24, 2.45) is 0 Å². The number of carbonyl (C=O) groups excluding carboxylic acids is 2. The van der Waals surface area contributed by atoms with Gasteiger partial charge in [-0.2, -0.15) is 0 Å². The number of amides is 2. The number of ether oxygens (including phenoxy) is 1. The van der Waals surface area contributed by atoms with Gasteiger partial charge in [0.05, 0.1) is 19.3 Å². The minimum absolute atomic E-state index is 0.306. The van der Waals surface area contributed by atoms with Gasteiger partial charge in [-0.1, -0.05) is 48.5 Å². The van der Waals surface area contributed by atoms with Crippen LogP contribution in [0.1, 0.15) is 22.6 Å². The van der Waals surface area contributed by atoms with Crippen LogP contribution in [0, 0.1) is 0 Å². The summed E-state index contributed by atoms with van der Waals surface area (Å²) in [7, 11) is 3.20. The number of hydrogen-bond acceptors (Lipinski definition) is 4. The highest BCUT2D eigenvalue weighted by Crippen LogP contribution is 2.53. The van der Waals surface area contributed by atoms with Crippen molar-refractivity contribution in [1.82, 2.24) is 0 Å². The Morgan fingerprint density at radius 1 is 0.968 bits per heavy atom. The molecule has 0 unspecified atom stereocenters. The molecule has 0 fully saturated rings. The van der Waals surface area contributed by atoms with Crippen molar-refractivity contribution in [3.05, 3.63) is 89.5 Å². The molecule has 2 atom stereocenters. The highest BCUT2D eigenvalue weighted by atomic mass is 16.5. The Morgan fingerprint density at radius 3 is 2.42 bits per heavy atom. The Hall–Kier alpha value is -3.64. The molecule has 0 saturated heterocycles. The second kappa shape index (κ2) is 6.96. The minimum Gasteiger partial charge on any atom is -0.497 e. The van der Waals surface area contributed by atoms with E-state index in [1.54, 1.807) is 49.4 Å². The van der Waals surface area contributed by atoms with Gasteiger partial charge in [0.2, 0.25) is 5.91 Å². The van der Waals surface area contributed by atoms with Crippen LogP contribution in [0.5, 0.6) is 5.75 Å². The first-order valence-corrected chi connectivity index (χ1v) is 10.1. The summed E-state index contributed by atoms with van der Waals surface area (Å²) >= 11 is 0. The second-order valence-corrected chi connectivity index (χ2v) is 7.92. The van der Waals surface area contributed by atoms with Gasteiger partial charge in [0.1, 0.15) is 11.7 Å². The number of methoxy groups -OCH3 is 1. The summed E-state index contributed by atoms with van der Waals surface area (Å²) in [6.45, 7) is 0.306. The van der Waals surface area contributed by atoms with E-state index in [-0.39, 0.29) is 5.91 Å². The fourth-order valence-corrected chi connectivity index (χ4v) is 4.71. The van der Waals surface area contributed by atoms with E-state index in [1.165, 1.54) is 4.90 Å². The zero-order valence-electron chi connectivity index (χ0n) is 17.3. The molecular formula is C25H22N2O4. The first kappa shape index (κ1) is 19.3. The van der Waals surface area contributed by atoms with Crippen LogP contribution in [0.4, 0.5) is 11.4 Å². The van der Waals surface area contributed by atoms with E-state index in [0.717, 1.165) is 5.56 Å². The third-order valence-electron chi connectivity index (χ3n) is 6.26. The molecule has 2 amide bonds. The van der Waals surface area contributed by atoms with Gasteiger partial charge < -0.3 is 19.6 Å². The van der Waals surface area contributed by atoms with Crippen LogP contribution in [-0.2, 0) is 21.7 Å². The van der Waals surface area contributed by atoms with E-state index in [0.29, 0.717) is 34.8 Å². The van der Waals surface area contributed by atoms with Gasteiger partial charge in [-0.25, -0.2) is 0 Å². The number of benzene rings is 3. The molecule has 156 valence electrons. The Bertz CT molecular complexity index is 1190. The maximum atomic E-state index is 13.8. The van der Waals surface area contributed by atoms with E-state index < -0.39 is 17.4 Å². The van der Waals surface area contributed by atoms with Gasteiger partial charge in [-0.3, -0.25) is 9.59 Å². The standard InChI is InChI=1S/C25H22N2O4/c1-26-20-13-12-17(31-2)14-18(20)22(23(26)28)25(30)19-10-6-7-11-21(19)27(24(25)29)15-16-8-4-3-5-9-16/h3-14,22,30H,15H2,1-2H3/t22-,25+/m1/s1. The maximum absolute atomic E-state index is 13.8. The molecule has 0 radical (unpaired) electrons. The summed E-state index contributed by atoms with van der Waals surface area (Å²) in [5.74, 6) is -1.32. The lowest BCUT2D eigenvalue weighted by Crippen LogP contribution is -2.47. The molecule has 0 bridgehead atoms. The summed E-state index contributed by atoms with van der Waals surface area (Å²) in [6, 6.07) is 22.0. The molecular weight excluding hydrogens is 392 g/mol. The lowest BCUT2D eigenvalue weighted by Gasteiger charge is -2.28. The minimum atomic E-state index is -2.01. The zero-order chi connectivity index (χ0) is 21.8. The van der Waals surface area contributed by atoms with E-state index in [9.17, 15) is 14.7 Å². The molecule has 0 aromatic heterocycles. The third kappa shape index (κ3) is 2.68. The number of likely N-dealkylation sites (N-methyl/N-ethyl adjacent to an activating group) is 1. The van der Waals surface area contributed by atoms with E-state index in [2.05, 4.69) is 0 Å². The number of para-hydroxylation sites is 1. The molecule has 5 rings (SSSR count). The van der Waals surface area contributed by atoms with Crippen molar-refractivity contribution >= 4 is 23.2 Å². The average molecular weight is 414 g/mol. The molecule has 0 spiro atoms. The van der Waals surface area contributed by atoms with Crippen LogP contribution < -0.4 is 14.5 Å². The lowest BCUT2D eigenvalue weighted by atomic mass is 9.78. The first-order chi connectivity index (χ1) is 15.0. The Kier molecular flexibility index (Phi) is 4.34. The smallest absolute Gasteiger partial charge is 0.265 e. The molecule has 2 aliphatic rings. The van der Waals surface area contributed by atoms with Crippen molar-refractivity contribution in [3.63, 3.8) is 0 Å². The SMILES string of the molecule is COc1ccc2c(c1)[C@@H]([C@]1(O)C(=O)N(Cc3ccccc3)c3ccccc31)C(=O)N2C. The largest absolute Gasteiger partial charge is 0.497 e. The van der Waals surface area contributed by atoms with Crippen molar-refractivity contribution < 1.29 is 19.4 Å². The Balaban J connectivity index is 1.66. The molecule has 6 nitrogen and oxygen atoms in total. The number of aliphatic hydroxyl groups is 1. The molecule has 2 heterocycles. The van der Waals surface area contributed by atoms with Crippen LogP contribution >= 0.6 is 0 Å². The quantitative estimate of drug-likeness (QED) is 0.712. The number of fused-ring (bicyclic) bond motifs is 2. The lowest BCUT2D eigenvalue weighted by molar-refractivity contribution is -0.144. The highest BCUT2D eigenvalue weighted by Gasteiger charge is 2.60. The second-order valence-electron chi connectivity index (χ2n) is 7.92. The predicted octanol–water partition coefficient (Wildman–Crippen LogP) is 3.19. The van der Waals surface area contributed by atoms with Gasteiger partial charge in [0, 0.05) is 18.3 Å². The monoisotopic (exact) mass is 414 g/mol. The van der Waals surface area contributed by atoms with Crippen LogP contribution in [0.25, 0.3) is 0 Å². The topological polar surface area (TPSA) is 70.1 Å². The number of rotatable bonds is 4. The molecule has 2 aliphatic heterocycles. The summed E-state index contributed by atoms with van der Waals surface area (Å²) < 4.78 is 5.34. The Labute approximate surface area is 180 Å². The van der Waals surface area contributed by atoms with E-state index in [4.69, 9.17) is 4.74 Å². The molecule has 31 heavy (non-hydrogen) atoms. The summed E-state index contributed by atoms with van der Waals surface area (Å²) in [5, 5.41) is 12.0. The summed E-state index contributed by atoms with van der Waals surface area (Å²) in [6.07, 6.45) is 0. The molecule has 3 aromatic rings. The van der Waals surface area contributed by atoms with Crippen LogP contribution in [0.2, 0.25) is 0 Å². The number of anilines is 2. The number of hydrogen-bond donors (Lipinski definition) is 1. The number of nitrogens with zero attached hydrogens (tertiary/aromatic N) is 2. The summed E-state index contributed by atoms with van der Waals surface area (Å²) in [4.78, 5) is 30.2. The molecule has 3 aromatic carbocycles. The van der Waals surface area contributed by atoms with Crippen LogP contribution in [0.15, 0.2) is 72.8 Å². The molecule has 0 saturated carbocycles. The number of carbonyl (C=O) groups is 2.